The number of halogens is 4. The Labute approximate surface area is 155 Å². The van der Waals surface area contributed by atoms with Crippen molar-refractivity contribution in [3.8, 4) is 0 Å². The summed E-state index contributed by atoms with van der Waals surface area (Å²) in [5.41, 5.74) is -0.562. The molecular weight excluding hydrogens is 367 g/mol. The largest absolute Gasteiger partial charge is 0.418 e. The molecule has 0 unspecified atom stereocenters. The Bertz CT molecular complexity index is 781. The van der Waals surface area contributed by atoms with Gasteiger partial charge in [-0.15, -0.1) is 0 Å². The summed E-state index contributed by atoms with van der Waals surface area (Å²) >= 11 is 5.64. The van der Waals surface area contributed by atoms with Crippen LogP contribution < -0.4 is 10.2 Å². The van der Waals surface area contributed by atoms with Crippen LogP contribution in [0.15, 0.2) is 36.5 Å². The SMILES string of the molecule is CCCCN(C)c1ccnc(C(=O)Nc2ccc(Cl)cc2C(F)(F)F)c1. The molecule has 1 heterocycles. The first-order valence-corrected chi connectivity index (χ1v) is 8.45. The lowest BCUT2D eigenvalue weighted by Crippen LogP contribution is -2.21. The Balaban J connectivity index is 2.24. The number of alkyl halides is 3. The highest BCUT2D eigenvalue weighted by molar-refractivity contribution is 6.30. The lowest BCUT2D eigenvalue weighted by molar-refractivity contribution is -0.136. The van der Waals surface area contributed by atoms with Gasteiger partial charge in [-0.2, -0.15) is 13.2 Å². The van der Waals surface area contributed by atoms with Crippen molar-refractivity contribution in [2.75, 3.05) is 23.8 Å². The van der Waals surface area contributed by atoms with Gasteiger partial charge in [0.1, 0.15) is 5.69 Å². The van der Waals surface area contributed by atoms with Crippen LogP contribution >= 0.6 is 11.6 Å². The maximum Gasteiger partial charge on any atom is 0.418 e. The molecule has 1 amide bonds. The molecule has 8 heteroatoms. The fraction of sp³-hybridized carbons (Fsp3) is 0.333. The number of unbranched alkanes of at least 4 members (excludes halogenated alkanes) is 1. The normalized spacial score (nSPS) is 11.3. The van der Waals surface area contributed by atoms with E-state index in [1.807, 2.05) is 11.9 Å². The molecule has 4 nitrogen and oxygen atoms in total. The van der Waals surface area contributed by atoms with E-state index >= 15 is 0 Å². The third-order valence-electron chi connectivity index (χ3n) is 3.80. The number of pyridine rings is 1. The maximum absolute atomic E-state index is 13.1. The summed E-state index contributed by atoms with van der Waals surface area (Å²) in [4.78, 5) is 18.3. The molecule has 0 saturated carbocycles. The van der Waals surface area contributed by atoms with Crippen molar-refractivity contribution in [1.82, 2.24) is 4.98 Å². The van der Waals surface area contributed by atoms with Crippen molar-refractivity contribution in [3.63, 3.8) is 0 Å². The highest BCUT2D eigenvalue weighted by Gasteiger charge is 2.34. The Morgan fingerprint density at radius 1 is 1.27 bits per heavy atom. The van der Waals surface area contributed by atoms with Gasteiger partial charge in [-0.25, -0.2) is 0 Å². The number of benzene rings is 1. The van der Waals surface area contributed by atoms with E-state index < -0.39 is 17.6 Å². The maximum atomic E-state index is 13.1. The van der Waals surface area contributed by atoms with E-state index in [0.717, 1.165) is 37.2 Å². The van der Waals surface area contributed by atoms with E-state index in [-0.39, 0.29) is 16.4 Å². The second-order valence-corrected chi connectivity index (χ2v) is 6.25. The highest BCUT2D eigenvalue weighted by atomic mass is 35.5. The van der Waals surface area contributed by atoms with Gasteiger partial charge in [-0.3, -0.25) is 9.78 Å². The van der Waals surface area contributed by atoms with Gasteiger partial charge in [0, 0.05) is 30.5 Å². The number of carbonyl (C=O) groups excluding carboxylic acids is 1. The number of nitrogens with one attached hydrogen (secondary N) is 1. The highest BCUT2D eigenvalue weighted by Crippen LogP contribution is 2.36. The van der Waals surface area contributed by atoms with Crippen molar-refractivity contribution in [2.24, 2.45) is 0 Å². The summed E-state index contributed by atoms with van der Waals surface area (Å²) in [5, 5.41) is 2.21. The van der Waals surface area contributed by atoms with Crippen LogP contribution in [-0.4, -0.2) is 24.5 Å². The van der Waals surface area contributed by atoms with E-state index in [0.29, 0.717) is 0 Å². The number of hydrogen-bond acceptors (Lipinski definition) is 3. The van der Waals surface area contributed by atoms with Crippen LogP contribution in [0.2, 0.25) is 5.02 Å². The Morgan fingerprint density at radius 3 is 2.65 bits per heavy atom. The fourth-order valence-electron chi connectivity index (χ4n) is 2.35. The van der Waals surface area contributed by atoms with Gasteiger partial charge in [0.25, 0.3) is 5.91 Å². The summed E-state index contributed by atoms with van der Waals surface area (Å²) in [6.45, 7) is 2.88. The van der Waals surface area contributed by atoms with Crippen LogP contribution in [0.1, 0.15) is 35.8 Å². The molecule has 0 aliphatic rings. The smallest absolute Gasteiger partial charge is 0.374 e. The molecule has 26 heavy (non-hydrogen) atoms. The van der Waals surface area contributed by atoms with Crippen LogP contribution in [0, 0.1) is 0 Å². The zero-order valence-electron chi connectivity index (χ0n) is 14.4. The quantitative estimate of drug-likeness (QED) is 0.739. The zero-order valence-corrected chi connectivity index (χ0v) is 15.2. The number of carbonyl (C=O) groups is 1. The van der Waals surface area contributed by atoms with Crippen molar-refractivity contribution in [1.29, 1.82) is 0 Å². The van der Waals surface area contributed by atoms with Crippen LogP contribution in [0.4, 0.5) is 24.5 Å². The Morgan fingerprint density at radius 2 is 2.00 bits per heavy atom. The molecule has 0 saturated heterocycles. The van der Waals surface area contributed by atoms with E-state index in [2.05, 4.69) is 17.2 Å². The average Bonchev–Trinajstić information content (AvgIpc) is 2.60. The number of anilines is 2. The topological polar surface area (TPSA) is 45.2 Å². The molecule has 0 spiro atoms. The fourth-order valence-corrected chi connectivity index (χ4v) is 2.52. The molecule has 1 N–H and O–H groups in total. The van der Waals surface area contributed by atoms with Gasteiger partial charge in [-0.05, 0) is 36.8 Å². The second-order valence-electron chi connectivity index (χ2n) is 5.82. The lowest BCUT2D eigenvalue weighted by Gasteiger charge is -2.19. The Kier molecular flexibility index (Phi) is 6.47. The van der Waals surface area contributed by atoms with Gasteiger partial charge in [0.2, 0.25) is 0 Å². The van der Waals surface area contributed by atoms with Crippen LogP contribution in [-0.2, 0) is 6.18 Å². The third-order valence-corrected chi connectivity index (χ3v) is 4.03. The van der Waals surface area contributed by atoms with Gasteiger partial charge in [0.05, 0.1) is 11.3 Å². The summed E-state index contributed by atoms with van der Waals surface area (Å²) in [5.74, 6) is -0.719. The Hall–Kier alpha value is -2.28. The lowest BCUT2D eigenvalue weighted by atomic mass is 10.1. The number of nitrogens with zero attached hydrogens (tertiary/aromatic N) is 2. The second kappa shape index (κ2) is 8.40. The standard InChI is InChI=1S/C18H19ClF3N3O/c1-3-4-9-25(2)13-7-8-23-16(11-13)17(26)24-15-6-5-12(19)10-14(15)18(20,21)22/h5-8,10-11H,3-4,9H2,1-2H3,(H,24,26). The van der Waals surface area contributed by atoms with Crippen LogP contribution in [0.25, 0.3) is 0 Å². The van der Waals surface area contributed by atoms with E-state index in [9.17, 15) is 18.0 Å². The monoisotopic (exact) mass is 385 g/mol. The van der Waals surface area contributed by atoms with E-state index in [4.69, 9.17) is 11.6 Å². The van der Waals surface area contributed by atoms with Crippen molar-refractivity contribution in [2.45, 2.75) is 25.9 Å². The summed E-state index contributed by atoms with van der Waals surface area (Å²) in [7, 11) is 1.88. The predicted molar refractivity (Wildman–Crippen MR) is 96.8 cm³/mol. The van der Waals surface area contributed by atoms with Crippen LogP contribution in [0.3, 0.4) is 0 Å². The summed E-state index contributed by atoms with van der Waals surface area (Å²) < 4.78 is 39.4. The van der Waals surface area contributed by atoms with Crippen LogP contribution in [0.5, 0.6) is 0 Å². The minimum Gasteiger partial charge on any atom is -0.374 e. The summed E-state index contributed by atoms with van der Waals surface area (Å²) in [6.07, 6.45) is -1.16. The number of rotatable bonds is 6. The first-order valence-electron chi connectivity index (χ1n) is 8.07. The molecule has 140 valence electrons. The van der Waals surface area contributed by atoms with E-state index in [1.54, 1.807) is 12.1 Å². The zero-order chi connectivity index (χ0) is 19.3. The van der Waals surface area contributed by atoms with Crippen molar-refractivity contribution >= 4 is 28.9 Å². The van der Waals surface area contributed by atoms with Crippen molar-refractivity contribution < 1.29 is 18.0 Å². The first kappa shape index (κ1) is 20.0. The molecule has 2 rings (SSSR count). The molecular formula is C18H19ClF3N3O. The summed E-state index contributed by atoms with van der Waals surface area (Å²) in [6, 6.07) is 6.48. The van der Waals surface area contributed by atoms with E-state index in [1.165, 1.54) is 12.3 Å². The van der Waals surface area contributed by atoms with Gasteiger partial charge >= 0.3 is 6.18 Å². The number of hydrogen-bond donors (Lipinski definition) is 1. The molecule has 0 fully saturated rings. The third kappa shape index (κ3) is 5.11. The molecule has 0 atom stereocenters. The van der Waals surface area contributed by atoms with Gasteiger partial charge in [0.15, 0.2) is 0 Å². The van der Waals surface area contributed by atoms with Crippen molar-refractivity contribution in [3.05, 3.63) is 52.8 Å². The molecule has 0 aliphatic heterocycles. The minimum atomic E-state index is -4.64. The molecule has 2 aromatic rings. The molecule has 0 radical (unpaired) electrons. The van der Waals surface area contributed by atoms with Gasteiger partial charge in [-0.1, -0.05) is 24.9 Å². The molecule has 0 bridgehead atoms. The number of amides is 1. The first-order chi connectivity index (χ1) is 12.2. The number of aromatic nitrogens is 1. The molecule has 0 aliphatic carbocycles. The van der Waals surface area contributed by atoms with Gasteiger partial charge < -0.3 is 10.2 Å². The average molecular weight is 386 g/mol. The molecule has 1 aromatic carbocycles. The minimum absolute atomic E-state index is 0.0360. The molecule has 1 aromatic heterocycles. The predicted octanol–water partition coefficient (Wildman–Crippen LogP) is 5.24.